The average Bonchev–Trinajstić information content (AvgIpc) is 3.23. The third-order valence-electron chi connectivity index (χ3n) is 4.61. The van der Waals surface area contributed by atoms with Gasteiger partial charge in [0, 0.05) is 29.9 Å². The van der Waals surface area contributed by atoms with Crippen LogP contribution >= 0.6 is 0 Å². The van der Waals surface area contributed by atoms with E-state index in [4.69, 9.17) is 4.74 Å². The molecule has 1 saturated heterocycles. The zero-order valence-electron chi connectivity index (χ0n) is 14.1. The van der Waals surface area contributed by atoms with Crippen molar-refractivity contribution >= 4 is 22.5 Å². The number of ether oxygens (including phenoxy) is 1. The zero-order chi connectivity index (χ0) is 17.1. The number of fused-ring (bicyclic) bond motifs is 1. The van der Waals surface area contributed by atoms with Crippen LogP contribution in [-0.4, -0.2) is 33.4 Å². The highest BCUT2D eigenvalue weighted by Crippen LogP contribution is 2.19. The maximum Gasteiger partial charge on any atom is 0.228 e. The fourth-order valence-corrected chi connectivity index (χ4v) is 3.34. The van der Waals surface area contributed by atoms with E-state index < -0.39 is 0 Å². The van der Waals surface area contributed by atoms with E-state index in [1.54, 1.807) is 6.20 Å². The van der Waals surface area contributed by atoms with Gasteiger partial charge in [-0.2, -0.15) is 5.10 Å². The van der Waals surface area contributed by atoms with Gasteiger partial charge >= 0.3 is 0 Å². The molecule has 0 aliphatic carbocycles. The first-order valence-corrected chi connectivity index (χ1v) is 8.77. The summed E-state index contributed by atoms with van der Waals surface area (Å²) < 4.78 is 7.58. The summed E-state index contributed by atoms with van der Waals surface area (Å²) in [5, 5.41) is 8.34. The van der Waals surface area contributed by atoms with Crippen molar-refractivity contribution in [1.82, 2.24) is 14.8 Å². The summed E-state index contributed by atoms with van der Waals surface area (Å²) in [7, 11) is 0. The second-order valence-electron chi connectivity index (χ2n) is 6.52. The number of nitrogens with one attached hydrogen (secondary N) is 2. The Kier molecular flexibility index (Phi) is 4.52. The number of amides is 1. The zero-order valence-corrected chi connectivity index (χ0v) is 14.1. The Balaban J connectivity index is 1.36. The molecule has 1 aromatic carbocycles. The lowest BCUT2D eigenvalue weighted by Gasteiger charge is -2.22. The van der Waals surface area contributed by atoms with Crippen LogP contribution in [0.4, 0.5) is 5.69 Å². The number of aromatic amines is 1. The number of benzene rings is 1. The first-order chi connectivity index (χ1) is 12.3. The molecule has 3 aromatic rings. The maximum atomic E-state index is 12.3. The third-order valence-corrected chi connectivity index (χ3v) is 4.61. The highest BCUT2D eigenvalue weighted by atomic mass is 16.5. The lowest BCUT2D eigenvalue weighted by Crippen LogP contribution is -2.24. The molecule has 0 bridgehead atoms. The molecular weight excluding hydrogens is 316 g/mol. The largest absolute Gasteiger partial charge is 0.376 e. The van der Waals surface area contributed by atoms with E-state index in [9.17, 15) is 4.79 Å². The van der Waals surface area contributed by atoms with E-state index in [1.165, 1.54) is 6.42 Å². The van der Waals surface area contributed by atoms with E-state index in [-0.39, 0.29) is 12.0 Å². The maximum absolute atomic E-state index is 12.3. The Morgan fingerprint density at radius 1 is 1.36 bits per heavy atom. The molecule has 2 N–H and O–H groups in total. The number of hydrogen-bond acceptors (Lipinski definition) is 3. The van der Waals surface area contributed by atoms with Crippen LogP contribution < -0.4 is 5.32 Å². The van der Waals surface area contributed by atoms with Gasteiger partial charge in [-0.15, -0.1) is 0 Å². The van der Waals surface area contributed by atoms with Gasteiger partial charge < -0.3 is 15.0 Å². The summed E-state index contributed by atoms with van der Waals surface area (Å²) >= 11 is 0. The first-order valence-electron chi connectivity index (χ1n) is 8.77. The number of carbonyl (C=O) groups is 1. The van der Waals surface area contributed by atoms with Crippen molar-refractivity contribution in [2.45, 2.75) is 38.3 Å². The normalized spacial score (nSPS) is 17.7. The minimum absolute atomic E-state index is 0.0433. The van der Waals surface area contributed by atoms with Crippen molar-refractivity contribution in [3.8, 4) is 0 Å². The molecule has 6 heteroatoms. The number of carbonyl (C=O) groups excluding carboxylic acids is 1. The second-order valence-corrected chi connectivity index (χ2v) is 6.52. The van der Waals surface area contributed by atoms with Crippen LogP contribution in [-0.2, 0) is 22.5 Å². The van der Waals surface area contributed by atoms with E-state index in [1.807, 2.05) is 41.3 Å². The number of hydrogen-bond donors (Lipinski definition) is 2. The van der Waals surface area contributed by atoms with Crippen LogP contribution in [0.2, 0.25) is 0 Å². The molecule has 1 aliphatic rings. The molecule has 1 fully saturated rings. The molecule has 0 spiro atoms. The monoisotopic (exact) mass is 338 g/mol. The third kappa shape index (κ3) is 3.74. The fraction of sp³-hybridized carbons (Fsp3) is 0.368. The molecule has 0 unspecified atom stereocenters. The molecule has 2 aromatic heterocycles. The summed E-state index contributed by atoms with van der Waals surface area (Å²) in [5.74, 6) is -0.0433. The molecule has 130 valence electrons. The van der Waals surface area contributed by atoms with E-state index in [0.29, 0.717) is 6.42 Å². The Morgan fingerprint density at radius 3 is 3.16 bits per heavy atom. The average molecular weight is 338 g/mol. The van der Waals surface area contributed by atoms with Gasteiger partial charge in [-0.3, -0.25) is 9.48 Å². The summed E-state index contributed by atoms with van der Waals surface area (Å²) in [6.07, 6.45) is 9.44. The first kappa shape index (κ1) is 15.9. The molecule has 1 aliphatic heterocycles. The Hall–Kier alpha value is -2.60. The summed E-state index contributed by atoms with van der Waals surface area (Å²) in [5.41, 5.74) is 2.77. The van der Waals surface area contributed by atoms with E-state index in [2.05, 4.69) is 15.4 Å². The Labute approximate surface area is 146 Å². The van der Waals surface area contributed by atoms with Crippen molar-refractivity contribution in [2.75, 3.05) is 11.9 Å². The topological polar surface area (TPSA) is 71.9 Å². The predicted molar refractivity (Wildman–Crippen MR) is 96.5 cm³/mol. The van der Waals surface area contributed by atoms with Crippen molar-refractivity contribution < 1.29 is 9.53 Å². The van der Waals surface area contributed by atoms with Crippen LogP contribution in [0.25, 0.3) is 10.9 Å². The van der Waals surface area contributed by atoms with Crippen molar-refractivity contribution in [1.29, 1.82) is 0 Å². The molecule has 6 nitrogen and oxygen atoms in total. The number of para-hydroxylation sites is 1. The summed E-state index contributed by atoms with van der Waals surface area (Å²) in [6, 6.07) is 7.99. The van der Waals surface area contributed by atoms with Gasteiger partial charge in [-0.25, -0.2) is 0 Å². The molecule has 0 saturated carbocycles. The van der Waals surface area contributed by atoms with Gasteiger partial charge in [0.25, 0.3) is 0 Å². The minimum Gasteiger partial charge on any atom is -0.376 e. The molecule has 0 radical (unpaired) electrons. The van der Waals surface area contributed by atoms with Crippen molar-refractivity contribution in [3.05, 3.63) is 48.4 Å². The van der Waals surface area contributed by atoms with Gasteiger partial charge in [0.2, 0.25) is 5.91 Å². The van der Waals surface area contributed by atoms with Crippen LogP contribution in [0, 0.1) is 0 Å². The minimum atomic E-state index is -0.0433. The Morgan fingerprint density at radius 2 is 2.28 bits per heavy atom. The molecule has 25 heavy (non-hydrogen) atoms. The molecule has 3 heterocycles. The second kappa shape index (κ2) is 7.11. The van der Waals surface area contributed by atoms with Crippen LogP contribution in [0.15, 0.2) is 42.9 Å². The molecular formula is C19H22N4O2. The Bertz CT molecular complexity index is 861. The molecule has 1 amide bonds. The van der Waals surface area contributed by atoms with Crippen LogP contribution in [0.1, 0.15) is 24.8 Å². The standard InChI is InChI=1S/C19H22N4O2/c24-19(9-14-10-20-18-7-2-1-6-17(14)18)22-15-11-21-23(12-15)13-16-5-3-4-8-25-16/h1-2,6-7,10-12,16,20H,3-5,8-9,13H2,(H,22,24)/t16-/m0/s1. The summed E-state index contributed by atoms with van der Waals surface area (Å²) in [6.45, 7) is 1.57. The SMILES string of the molecule is O=C(Cc1c[nH]c2ccccc12)Nc1cnn(C[C@@H]2CCCCO2)c1. The number of rotatable bonds is 5. The molecule has 4 rings (SSSR count). The lowest BCUT2D eigenvalue weighted by atomic mass is 10.1. The fourth-order valence-electron chi connectivity index (χ4n) is 3.34. The van der Waals surface area contributed by atoms with Crippen molar-refractivity contribution in [3.63, 3.8) is 0 Å². The van der Waals surface area contributed by atoms with Crippen LogP contribution in [0.3, 0.4) is 0 Å². The quantitative estimate of drug-likeness (QED) is 0.751. The number of anilines is 1. The highest BCUT2D eigenvalue weighted by Gasteiger charge is 2.15. The van der Waals surface area contributed by atoms with E-state index in [0.717, 1.165) is 48.1 Å². The van der Waals surface area contributed by atoms with Gasteiger partial charge in [0.15, 0.2) is 0 Å². The smallest absolute Gasteiger partial charge is 0.228 e. The number of H-pyrrole nitrogens is 1. The van der Waals surface area contributed by atoms with Crippen molar-refractivity contribution in [2.24, 2.45) is 0 Å². The van der Waals surface area contributed by atoms with Gasteiger partial charge in [0.05, 0.1) is 31.0 Å². The highest BCUT2D eigenvalue weighted by molar-refractivity contribution is 5.95. The lowest BCUT2D eigenvalue weighted by molar-refractivity contribution is -0.115. The van der Waals surface area contributed by atoms with Gasteiger partial charge in [-0.1, -0.05) is 18.2 Å². The van der Waals surface area contributed by atoms with E-state index >= 15 is 0 Å². The van der Waals surface area contributed by atoms with Crippen LogP contribution in [0.5, 0.6) is 0 Å². The predicted octanol–water partition coefficient (Wildman–Crippen LogP) is 3.11. The number of nitrogens with zero attached hydrogens (tertiary/aromatic N) is 2. The van der Waals surface area contributed by atoms with Gasteiger partial charge in [-0.05, 0) is 30.9 Å². The molecule has 1 atom stereocenters. The van der Waals surface area contributed by atoms with Gasteiger partial charge in [0.1, 0.15) is 0 Å². The summed E-state index contributed by atoms with van der Waals surface area (Å²) in [4.78, 5) is 15.5. The number of aromatic nitrogens is 3.